The number of benzene rings is 1. The highest BCUT2D eigenvalue weighted by Crippen LogP contribution is 2.35. The van der Waals surface area contributed by atoms with E-state index in [-0.39, 0.29) is 22.6 Å². The van der Waals surface area contributed by atoms with Crippen LogP contribution in [-0.4, -0.2) is 15.9 Å². The molecular weight excluding hydrogens is 254 g/mol. The van der Waals surface area contributed by atoms with Gasteiger partial charge in [-0.25, -0.2) is 0 Å². The fourth-order valence-electron chi connectivity index (χ4n) is 2.90. The minimum Gasteiger partial charge on any atom is -0.327 e. The van der Waals surface area contributed by atoms with Crippen LogP contribution in [0.1, 0.15) is 32.3 Å². The van der Waals surface area contributed by atoms with E-state index in [2.05, 4.69) is 18.8 Å². The normalized spacial score (nSPS) is 14.4. The molecule has 0 saturated heterocycles. The van der Waals surface area contributed by atoms with Crippen LogP contribution in [0.4, 0.5) is 5.69 Å². The highest BCUT2D eigenvalue weighted by molar-refractivity contribution is 5.93. The molecule has 1 aromatic carbocycles. The van der Waals surface area contributed by atoms with E-state index in [0.717, 1.165) is 10.9 Å². The van der Waals surface area contributed by atoms with E-state index in [1.54, 1.807) is 18.5 Å². The molecule has 2 N–H and O–H groups in total. The van der Waals surface area contributed by atoms with Crippen LogP contribution in [0.5, 0.6) is 0 Å². The molecule has 0 aliphatic carbocycles. The Hall–Kier alpha value is -2.01. The van der Waals surface area contributed by atoms with Gasteiger partial charge in [0.25, 0.3) is 5.69 Å². The second-order valence-corrected chi connectivity index (χ2v) is 5.48. The maximum absolute atomic E-state index is 11.1. The summed E-state index contributed by atoms with van der Waals surface area (Å²) in [7, 11) is 0. The summed E-state index contributed by atoms with van der Waals surface area (Å²) in [4.78, 5) is 14.8. The second-order valence-electron chi connectivity index (χ2n) is 5.48. The maximum atomic E-state index is 11.1. The molecule has 2 rings (SSSR count). The van der Waals surface area contributed by atoms with Crippen molar-refractivity contribution in [1.29, 1.82) is 0 Å². The summed E-state index contributed by atoms with van der Waals surface area (Å²) in [5.41, 5.74) is 7.25. The molecular formula is C15H19N3O2. The number of fused-ring (bicyclic) bond motifs is 1. The molecule has 2 aromatic rings. The molecule has 2 unspecified atom stereocenters. The number of nitrogens with two attached hydrogens (primary N) is 1. The molecule has 1 aromatic heterocycles. The summed E-state index contributed by atoms with van der Waals surface area (Å²) in [6, 6.07) is 5.19. The summed E-state index contributed by atoms with van der Waals surface area (Å²) in [6.07, 6.45) is 3.21. The molecule has 0 radical (unpaired) electrons. The highest BCUT2D eigenvalue weighted by atomic mass is 16.6. The van der Waals surface area contributed by atoms with Crippen molar-refractivity contribution in [2.75, 3.05) is 0 Å². The largest absolute Gasteiger partial charge is 0.327 e. The Bertz CT molecular complexity index is 630. The lowest BCUT2D eigenvalue weighted by molar-refractivity contribution is -0.383. The molecule has 2 atom stereocenters. The lowest BCUT2D eigenvalue weighted by atomic mass is 9.81. The van der Waals surface area contributed by atoms with Crippen LogP contribution < -0.4 is 5.73 Å². The van der Waals surface area contributed by atoms with E-state index in [1.165, 1.54) is 0 Å². The third kappa shape index (κ3) is 2.49. The van der Waals surface area contributed by atoms with Gasteiger partial charge >= 0.3 is 0 Å². The van der Waals surface area contributed by atoms with E-state index in [9.17, 15) is 10.1 Å². The molecule has 0 bridgehead atoms. The fourth-order valence-corrected chi connectivity index (χ4v) is 2.90. The summed E-state index contributed by atoms with van der Waals surface area (Å²) in [5, 5.41) is 12.6. The smallest absolute Gasteiger partial charge is 0.278 e. The van der Waals surface area contributed by atoms with Crippen molar-refractivity contribution >= 4 is 16.5 Å². The average Bonchev–Trinajstić information content (AvgIpc) is 2.37. The number of nitro groups is 1. The van der Waals surface area contributed by atoms with Crippen molar-refractivity contribution in [3.63, 3.8) is 0 Å². The van der Waals surface area contributed by atoms with Crippen molar-refractivity contribution in [3.05, 3.63) is 46.3 Å². The van der Waals surface area contributed by atoms with Gasteiger partial charge in [-0.15, -0.1) is 0 Å². The second kappa shape index (κ2) is 5.54. The molecule has 0 fully saturated rings. The van der Waals surface area contributed by atoms with Crippen LogP contribution in [0.25, 0.3) is 10.8 Å². The zero-order valence-corrected chi connectivity index (χ0v) is 11.9. The zero-order valence-electron chi connectivity index (χ0n) is 11.9. The number of nitro benzene ring substituents is 1. The predicted molar refractivity (Wildman–Crippen MR) is 79.6 cm³/mol. The topological polar surface area (TPSA) is 82.0 Å². The van der Waals surface area contributed by atoms with Crippen molar-refractivity contribution in [1.82, 2.24) is 4.98 Å². The van der Waals surface area contributed by atoms with E-state index < -0.39 is 0 Å². The summed E-state index contributed by atoms with van der Waals surface area (Å²) in [5.74, 6) is 0.508. The number of aromatic nitrogens is 1. The first-order valence-electron chi connectivity index (χ1n) is 6.70. The van der Waals surface area contributed by atoms with Crippen molar-refractivity contribution in [2.45, 2.75) is 32.7 Å². The number of nitrogens with zero attached hydrogens (tertiary/aromatic N) is 2. The number of hydrogen-bond acceptors (Lipinski definition) is 4. The first-order valence-corrected chi connectivity index (χ1v) is 6.70. The van der Waals surface area contributed by atoms with Gasteiger partial charge in [-0.1, -0.05) is 19.9 Å². The number of rotatable bonds is 4. The summed E-state index contributed by atoms with van der Waals surface area (Å²) >= 11 is 0. The third-order valence-electron chi connectivity index (χ3n) is 3.67. The SMILES string of the molecule is CC(C)C(c1ccc([N+](=O)[O-])c2cnccc12)C(C)N. The first-order chi connectivity index (χ1) is 9.43. The maximum Gasteiger partial charge on any atom is 0.278 e. The monoisotopic (exact) mass is 273 g/mol. The minimum absolute atomic E-state index is 0.0205. The van der Waals surface area contributed by atoms with Crippen LogP contribution in [0.15, 0.2) is 30.6 Å². The van der Waals surface area contributed by atoms with E-state index in [0.29, 0.717) is 11.3 Å². The third-order valence-corrected chi connectivity index (χ3v) is 3.67. The van der Waals surface area contributed by atoms with Gasteiger partial charge < -0.3 is 5.73 Å². The van der Waals surface area contributed by atoms with E-state index in [1.807, 2.05) is 19.1 Å². The van der Waals surface area contributed by atoms with Crippen LogP contribution in [0.3, 0.4) is 0 Å². The Kier molecular flexibility index (Phi) is 3.99. The standard InChI is InChI=1S/C15H19N3O2/c1-9(2)15(10(3)16)12-4-5-14(18(19)20)13-8-17-7-6-11(12)13/h4-10,15H,16H2,1-3H3. The molecule has 0 aliphatic rings. The predicted octanol–water partition coefficient (Wildman–Crippen LogP) is 3.23. The van der Waals surface area contributed by atoms with Gasteiger partial charge in [0, 0.05) is 30.4 Å². The van der Waals surface area contributed by atoms with Crippen LogP contribution >= 0.6 is 0 Å². The van der Waals surface area contributed by atoms with Gasteiger partial charge in [-0.05, 0) is 29.9 Å². The zero-order chi connectivity index (χ0) is 14.9. The lowest BCUT2D eigenvalue weighted by Crippen LogP contribution is -2.28. The van der Waals surface area contributed by atoms with Crippen LogP contribution in [0, 0.1) is 16.0 Å². The van der Waals surface area contributed by atoms with Crippen molar-refractivity contribution < 1.29 is 4.92 Å². The average molecular weight is 273 g/mol. The quantitative estimate of drug-likeness (QED) is 0.684. The van der Waals surface area contributed by atoms with Crippen LogP contribution in [-0.2, 0) is 0 Å². The Balaban J connectivity index is 2.73. The van der Waals surface area contributed by atoms with Gasteiger partial charge in [0.15, 0.2) is 0 Å². The number of pyridine rings is 1. The number of non-ortho nitro benzene ring substituents is 1. The summed E-state index contributed by atoms with van der Waals surface area (Å²) < 4.78 is 0. The van der Waals surface area contributed by atoms with Crippen molar-refractivity contribution in [2.24, 2.45) is 11.7 Å². The van der Waals surface area contributed by atoms with Crippen molar-refractivity contribution in [3.8, 4) is 0 Å². The first kappa shape index (κ1) is 14.4. The Morgan fingerprint density at radius 3 is 2.45 bits per heavy atom. The molecule has 5 heteroatoms. The fraction of sp³-hybridized carbons (Fsp3) is 0.400. The summed E-state index contributed by atoms with van der Waals surface area (Å²) in [6.45, 7) is 6.20. The number of hydrogen-bond donors (Lipinski definition) is 1. The van der Waals surface area contributed by atoms with Gasteiger partial charge in [0.05, 0.1) is 10.3 Å². The molecule has 5 nitrogen and oxygen atoms in total. The lowest BCUT2D eigenvalue weighted by Gasteiger charge is -2.26. The molecule has 0 amide bonds. The van der Waals surface area contributed by atoms with Gasteiger partial charge in [0.1, 0.15) is 0 Å². The van der Waals surface area contributed by atoms with E-state index in [4.69, 9.17) is 5.73 Å². The van der Waals surface area contributed by atoms with Gasteiger partial charge in [-0.3, -0.25) is 15.1 Å². The van der Waals surface area contributed by atoms with Gasteiger partial charge in [0.2, 0.25) is 0 Å². The molecule has 0 saturated carbocycles. The molecule has 20 heavy (non-hydrogen) atoms. The van der Waals surface area contributed by atoms with Gasteiger partial charge in [-0.2, -0.15) is 0 Å². The van der Waals surface area contributed by atoms with E-state index >= 15 is 0 Å². The highest BCUT2D eigenvalue weighted by Gasteiger charge is 2.24. The Morgan fingerprint density at radius 1 is 1.20 bits per heavy atom. The molecule has 0 spiro atoms. The molecule has 0 aliphatic heterocycles. The van der Waals surface area contributed by atoms with Crippen LogP contribution in [0.2, 0.25) is 0 Å². The Labute approximate surface area is 118 Å². The molecule has 1 heterocycles. The Morgan fingerprint density at radius 2 is 1.90 bits per heavy atom. The molecule has 106 valence electrons. The minimum atomic E-state index is -0.371.